The van der Waals surface area contributed by atoms with Gasteiger partial charge in [0.2, 0.25) is 0 Å². The van der Waals surface area contributed by atoms with Crippen LogP contribution in [-0.2, 0) is 6.42 Å². The minimum atomic E-state index is -0.994. The van der Waals surface area contributed by atoms with Gasteiger partial charge in [0.1, 0.15) is 5.67 Å². The summed E-state index contributed by atoms with van der Waals surface area (Å²) >= 11 is 1.65. The van der Waals surface area contributed by atoms with Gasteiger partial charge in [0.15, 0.2) is 0 Å². The summed E-state index contributed by atoms with van der Waals surface area (Å²) in [7, 11) is 0. The van der Waals surface area contributed by atoms with Crippen LogP contribution in [0.25, 0.3) is 0 Å². The Labute approximate surface area is 88.3 Å². The molecule has 2 atom stereocenters. The van der Waals surface area contributed by atoms with Crippen LogP contribution < -0.4 is 5.32 Å². The van der Waals surface area contributed by atoms with Crippen LogP contribution in [0.2, 0.25) is 0 Å². The Balaban J connectivity index is 2.07. The lowest BCUT2D eigenvalue weighted by Crippen LogP contribution is -2.47. The molecule has 1 fully saturated rings. The molecule has 2 unspecified atom stereocenters. The van der Waals surface area contributed by atoms with Gasteiger partial charge < -0.3 is 5.32 Å². The van der Waals surface area contributed by atoms with E-state index in [2.05, 4.69) is 10.7 Å². The predicted octanol–water partition coefficient (Wildman–Crippen LogP) is 2.63. The van der Waals surface area contributed by atoms with Gasteiger partial charge >= 0.3 is 0 Å². The molecule has 1 aliphatic rings. The van der Waals surface area contributed by atoms with Gasteiger partial charge in [0.05, 0.1) is 0 Å². The number of hydrogen-bond donors (Lipinski definition) is 1. The first-order valence-electron chi connectivity index (χ1n) is 5.11. The highest BCUT2D eigenvalue weighted by atomic mass is 32.1. The first kappa shape index (κ1) is 10.1. The topological polar surface area (TPSA) is 12.0 Å². The molecular weight excluding hydrogens is 197 g/mol. The van der Waals surface area contributed by atoms with Crippen LogP contribution in [0.5, 0.6) is 0 Å². The smallest absolute Gasteiger partial charge is 0.120 e. The van der Waals surface area contributed by atoms with E-state index < -0.39 is 5.67 Å². The van der Waals surface area contributed by atoms with E-state index in [1.165, 1.54) is 0 Å². The van der Waals surface area contributed by atoms with Crippen molar-refractivity contribution in [2.24, 2.45) is 5.92 Å². The highest BCUT2D eigenvalue weighted by Crippen LogP contribution is 2.32. The SMILES string of the molecule is CC1CNCCC1(F)Cc1ccsc1. The molecule has 0 spiro atoms. The lowest BCUT2D eigenvalue weighted by Gasteiger charge is -2.36. The number of alkyl halides is 1. The van der Waals surface area contributed by atoms with Crippen molar-refractivity contribution in [1.29, 1.82) is 0 Å². The fourth-order valence-corrected chi connectivity index (χ4v) is 2.71. The lowest BCUT2D eigenvalue weighted by atomic mass is 9.80. The molecule has 78 valence electrons. The number of piperidine rings is 1. The van der Waals surface area contributed by atoms with Gasteiger partial charge in [-0.2, -0.15) is 11.3 Å². The third-order valence-electron chi connectivity index (χ3n) is 3.13. The molecular formula is C11H16FNS. The lowest BCUT2D eigenvalue weighted by molar-refractivity contribution is 0.0583. The Hall–Kier alpha value is -0.410. The summed E-state index contributed by atoms with van der Waals surface area (Å²) in [4.78, 5) is 0. The summed E-state index contributed by atoms with van der Waals surface area (Å²) in [6.45, 7) is 3.62. The molecule has 0 saturated carbocycles. The summed E-state index contributed by atoms with van der Waals surface area (Å²) in [5, 5.41) is 7.30. The van der Waals surface area contributed by atoms with Gasteiger partial charge in [-0.15, -0.1) is 0 Å². The highest BCUT2D eigenvalue weighted by molar-refractivity contribution is 7.07. The molecule has 0 aliphatic carbocycles. The normalized spacial score (nSPS) is 33.1. The maximum absolute atomic E-state index is 14.5. The summed E-state index contributed by atoms with van der Waals surface area (Å²) in [5.41, 5.74) is 0.151. The molecule has 0 amide bonds. The number of halogens is 1. The average molecular weight is 213 g/mol. The molecule has 2 rings (SSSR count). The minimum absolute atomic E-state index is 0.121. The van der Waals surface area contributed by atoms with Gasteiger partial charge in [-0.3, -0.25) is 0 Å². The van der Waals surface area contributed by atoms with E-state index >= 15 is 0 Å². The molecule has 0 aromatic carbocycles. The molecule has 1 aromatic rings. The van der Waals surface area contributed by atoms with Crippen LogP contribution in [-0.4, -0.2) is 18.8 Å². The van der Waals surface area contributed by atoms with Crippen molar-refractivity contribution >= 4 is 11.3 Å². The molecule has 0 bridgehead atoms. The van der Waals surface area contributed by atoms with E-state index in [0.717, 1.165) is 18.7 Å². The van der Waals surface area contributed by atoms with E-state index in [-0.39, 0.29) is 5.92 Å². The largest absolute Gasteiger partial charge is 0.316 e. The van der Waals surface area contributed by atoms with E-state index in [1.807, 2.05) is 18.4 Å². The fraction of sp³-hybridized carbons (Fsp3) is 0.636. The standard InChI is InChI=1S/C11H16FNS/c1-9-7-13-4-3-11(9,12)6-10-2-5-14-8-10/h2,5,8-9,13H,3-4,6-7H2,1H3. The molecule has 3 heteroatoms. The molecule has 1 N–H and O–H groups in total. The molecule has 1 aromatic heterocycles. The first-order valence-corrected chi connectivity index (χ1v) is 6.06. The molecule has 2 heterocycles. The zero-order valence-electron chi connectivity index (χ0n) is 8.42. The number of nitrogens with one attached hydrogen (secondary N) is 1. The van der Waals surface area contributed by atoms with Crippen molar-refractivity contribution in [3.63, 3.8) is 0 Å². The zero-order valence-corrected chi connectivity index (χ0v) is 9.24. The minimum Gasteiger partial charge on any atom is -0.316 e. The van der Waals surface area contributed by atoms with Gasteiger partial charge in [0.25, 0.3) is 0 Å². The Morgan fingerprint density at radius 3 is 3.21 bits per heavy atom. The van der Waals surface area contributed by atoms with Gasteiger partial charge in [-0.25, -0.2) is 4.39 Å². The summed E-state index contributed by atoms with van der Waals surface area (Å²) in [5.74, 6) is 0.121. The van der Waals surface area contributed by atoms with Gasteiger partial charge in [-0.1, -0.05) is 6.92 Å². The van der Waals surface area contributed by atoms with E-state index in [9.17, 15) is 4.39 Å². The second kappa shape index (κ2) is 3.99. The molecule has 0 radical (unpaired) electrons. The molecule has 1 aliphatic heterocycles. The first-order chi connectivity index (χ1) is 6.71. The van der Waals surface area contributed by atoms with Crippen LogP contribution in [0.15, 0.2) is 16.8 Å². The van der Waals surface area contributed by atoms with Crippen molar-refractivity contribution in [2.75, 3.05) is 13.1 Å². The maximum atomic E-state index is 14.5. The monoisotopic (exact) mass is 213 g/mol. The zero-order chi connectivity index (χ0) is 10.0. The fourth-order valence-electron chi connectivity index (χ4n) is 2.04. The van der Waals surface area contributed by atoms with Crippen LogP contribution >= 0.6 is 11.3 Å². The van der Waals surface area contributed by atoms with Crippen molar-refractivity contribution in [2.45, 2.75) is 25.4 Å². The molecule has 14 heavy (non-hydrogen) atoms. The van der Waals surface area contributed by atoms with Crippen molar-refractivity contribution in [3.05, 3.63) is 22.4 Å². The Bertz CT molecular complexity index is 285. The van der Waals surface area contributed by atoms with Crippen molar-refractivity contribution in [3.8, 4) is 0 Å². The van der Waals surface area contributed by atoms with Crippen LogP contribution in [0.4, 0.5) is 4.39 Å². The second-order valence-corrected chi connectivity index (χ2v) is 4.98. The quantitative estimate of drug-likeness (QED) is 0.796. The summed E-state index contributed by atoms with van der Waals surface area (Å²) in [6.07, 6.45) is 1.23. The summed E-state index contributed by atoms with van der Waals surface area (Å²) in [6, 6.07) is 2.03. The Morgan fingerprint density at radius 1 is 1.71 bits per heavy atom. The van der Waals surface area contributed by atoms with Crippen LogP contribution in [0, 0.1) is 5.92 Å². The van der Waals surface area contributed by atoms with Crippen LogP contribution in [0.1, 0.15) is 18.9 Å². The maximum Gasteiger partial charge on any atom is 0.120 e. The third kappa shape index (κ3) is 1.98. The van der Waals surface area contributed by atoms with Crippen LogP contribution in [0.3, 0.4) is 0 Å². The highest BCUT2D eigenvalue weighted by Gasteiger charge is 2.38. The van der Waals surface area contributed by atoms with Gasteiger partial charge in [-0.05, 0) is 35.4 Å². The number of rotatable bonds is 2. The van der Waals surface area contributed by atoms with Crippen molar-refractivity contribution in [1.82, 2.24) is 5.32 Å². The second-order valence-electron chi connectivity index (χ2n) is 4.20. The number of thiophene rings is 1. The Morgan fingerprint density at radius 2 is 2.57 bits per heavy atom. The van der Waals surface area contributed by atoms with E-state index in [1.54, 1.807) is 11.3 Å². The number of hydrogen-bond acceptors (Lipinski definition) is 2. The average Bonchev–Trinajstić information content (AvgIpc) is 2.63. The predicted molar refractivity (Wildman–Crippen MR) is 58.5 cm³/mol. The van der Waals surface area contributed by atoms with E-state index in [0.29, 0.717) is 12.8 Å². The van der Waals surface area contributed by atoms with E-state index in [4.69, 9.17) is 0 Å². The van der Waals surface area contributed by atoms with Crippen molar-refractivity contribution < 1.29 is 4.39 Å². The third-order valence-corrected chi connectivity index (χ3v) is 3.86. The molecule has 1 nitrogen and oxygen atoms in total. The Kier molecular flexibility index (Phi) is 2.88. The molecule has 1 saturated heterocycles. The van der Waals surface area contributed by atoms with Gasteiger partial charge in [0, 0.05) is 18.9 Å². The summed E-state index contributed by atoms with van der Waals surface area (Å²) < 4.78 is 14.5.